The van der Waals surface area contributed by atoms with Gasteiger partial charge in [0.15, 0.2) is 11.5 Å². The maximum atomic E-state index is 12.5. The highest BCUT2D eigenvalue weighted by atomic mass is 35.5. The molecule has 3 aromatic rings. The molecular formula is C23H21ClO4. The smallest absolute Gasteiger partial charge is 0.338 e. The van der Waals surface area contributed by atoms with Crippen LogP contribution in [0.3, 0.4) is 0 Å². The molecule has 0 heterocycles. The van der Waals surface area contributed by atoms with E-state index in [1.165, 1.54) is 7.11 Å². The second-order valence-electron chi connectivity index (χ2n) is 6.21. The van der Waals surface area contributed by atoms with Crippen LogP contribution in [0.1, 0.15) is 34.5 Å². The molecule has 0 radical (unpaired) electrons. The van der Waals surface area contributed by atoms with E-state index in [1.807, 2.05) is 48.5 Å². The van der Waals surface area contributed by atoms with Crippen molar-refractivity contribution in [1.82, 2.24) is 0 Å². The maximum absolute atomic E-state index is 12.5. The van der Waals surface area contributed by atoms with Crippen LogP contribution in [0.5, 0.6) is 11.5 Å². The minimum absolute atomic E-state index is 0.378. The second-order valence-corrected chi connectivity index (χ2v) is 6.62. The third-order valence-electron chi connectivity index (χ3n) is 4.26. The molecule has 0 saturated carbocycles. The second kappa shape index (κ2) is 9.29. The molecule has 0 aromatic heterocycles. The number of carbonyl (C=O) groups excluding carboxylic acids is 1. The molecule has 3 aromatic carbocycles. The molecule has 0 unspecified atom stereocenters. The highest BCUT2D eigenvalue weighted by molar-refractivity contribution is 6.31. The van der Waals surface area contributed by atoms with Crippen LogP contribution < -0.4 is 9.47 Å². The van der Waals surface area contributed by atoms with Crippen LogP contribution in [-0.4, -0.2) is 13.1 Å². The van der Waals surface area contributed by atoms with Crippen LogP contribution in [0.15, 0.2) is 72.8 Å². The Balaban J connectivity index is 1.70. The van der Waals surface area contributed by atoms with Gasteiger partial charge in [-0.25, -0.2) is 4.79 Å². The molecule has 0 aliphatic carbocycles. The lowest BCUT2D eigenvalue weighted by molar-refractivity contribution is 0.0337. The number of rotatable bonds is 7. The number of esters is 1. The zero-order chi connectivity index (χ0) is 19.9. The molecule has 0 aliphatic heterocycles. The van der Waals surface area contributed by atoms with Crippen LogP contribution in [0.4, 0.5) is 0 Å². The average Bonchev–Trinajstić information content (AvgIpc) is 2.73. The summed E-state index contributed by atoms with van der Waals surface area (Å²) >= 11 is 6.17. The van der Waals surface area contributed by atoms with E-state index in [-0.39, 0.29) is 0 Å². The fraction of sp³-hybridized carbons (Fsp3) is 0.174. The van der Waals surface area contributed by atoms with Gasteiger partial charge in [-0.15, -0.1) is 0 Å². The molecule has 0 aliphatic rings. The first-order valence-corrected chi connectivity index (χ1v) is 9.26. The Kier molecular flexibility index (Phi) is 6.56. The van der Waals surface area contributed by atoms with Crippen molar-refractivity contribution in [2.24, 2.45) is 0 Å². The summed E-state index contributed by atoms with van der Waals surface area (Å²) < 4.78 is 16.8. The lowest BCUT2D eigenvalue weighted by Crippen LogP contribution is -2.10. The number of hydrogen-bond donors (Lipinski definition) is 0. The minimum Gasteiger partial charge on any atom is -0.493 e. The van der Waals surface area contributed by atoms with Crippen molar-refractivity contribution in [3.05, 3.63) is 94.5 Å². The minimum atomic E-state index is -0.471. The molecule has 0 saturated heterocycles. The molecule has 0 amide bonds. The number of ether oxygens (including phenoxy) is 3. The average molecular weight is 397 g/mol. The van der Waals surface area contributed by atoms with E-state index in [0.717, 1.165) is 11.1 Å². The number of halogens is 1. The summed E-state index contributed by atoms with van der Waals surface area (Å²) in [5.41, 5.74) is 2.18. The lowest BCUT2D eigenvalue weighted by atomic mass is 10.1. The Morgan fingerprint density at radius 3 is 2.39 bits per heavy atom. The Morgan fingerprint density at radius 1 is 0.964 bits per heavy atom. The highest BCUT2D eigenvalue weighted by Crippen LogP contribution is 2.31. The molecule has 3 rings (SSSR count). The summed E-state index contributed by atoms with van der Waals surface area (Å²) in [5, 5.41) is 0.560. The van der Waals surface area contributed by atoms with Gasteiger partial charge in [0, 0.05) is 10.6 Å². The summed E-state index contributed by atoms with van der Waals surface area (Å²) in [6.45, 7) is 2.19. The molecular weight excluding hydrogens is 376 g/mol. The number of benzene rings is 3. The summed E-state index contributed by atoms with van der Waals surface area (Å²) in [5.74, 6) is 0.568. The fourth-order valence-corrected chi connectivity index (χ4v) is 3.04. The van der Waals surface area contributed by atoms with Gasteiger partial charge in [0.25, 0.3) is 0 Å². The van der Waals surface area contributed by atoms with Gasteiger partial charge in [-0.1, -0.05) is 60.1 Å². The third kappa shape index (κ3) is 4.84. The third-order valence-corrected chi connectivity index (χ3v) is 4.61. The van der Waals surface area contributed by atoms with Crippen molar-refractivity contribution in [2.45, 2.75) is 19.6 Å². The van der Waals surface area contributed by atoms with Gasteiger partial charge in [-0.05, 0) is 36.8 Å². The van der Waals surface area contributed by atoms with Crippen molar-refractivity contribution in [1.29, 1.82) is 0 Å². The Morgan fingerprint density at radius 2 is 1.68 bits per heavy atom. The number of carbonyl (C=O) groups is 1. The Labute approximate surface area is 169 Å². The normalized spacial score (nSPS) is 11.5. The Hall–Kier alpha value is -2.98. The van der Waals surface area contributed by atoms with Crippen molar-refractivity contribution < 1.29 is 19.0 Å². The molecule has 0 bridgehead atoms. The summed E-state index contributed by atoms with van der Waals surface area (Å²) in [7, 11) is 1.53. The first-order chi connectivity index (χ1) is 13.6. The van der Waals surface area contributed by atoms with Crippen LogP contribution in [0.2, 0.25) is 5.02 Å². The predicted molar refractivity (Wildman–Crippen MR) is 109 cm³/mol. The van der Waals surface area contributed by atoms with Gasteiger partial charge in [-0.3, -0.25) is 0 Å². The first-order valence-electron chi connectivity index (χ1n) is 8.88. The molecule has 0 fully saturated rings. The standard InChI is InChI=1S/C23H21ClO4/c1-16(19-10-6-7-11-20(19)24)28-23(25)18-12-13-21(22(14-18)26-2)27-15-17-8-4-3-5-9-17/h3-14,16H,15H2,1-2H3/t16-/m0/s1. The van der Waals surface area contributed by atoms with Gasteiger partial charge in [0.1, 0.15) is 12.7 Å². The van der Waals surface area contributed by atoms with Crippen LogP contribution in [0, 0.1) is 0 Å². The van der Waals surface area contributed by atoms with Crippen LogP contribution >= 0.6 is 11.6 Å². The topological polar surface area (TPSA) is 44.8 Å². The van der Waals surface area contributed by atoms with Crippen LogP contribution in [0.25, 0.3) is 0 Å². The lowest BCUT2D eigenvalue weighted by Gasteiger charge is -2.16. The summed E-state index contributed by atoms with van der Waals surface area (Å²) in [6.07, 6.45) is -0.471. The van der Waals surface area contributed by atoms with E-state index in [1.54, 1.807) is 31.2 Å². The highest BCUT2D eigenvalue weighted by Gasteiger charge is 2.17. The van der Waals surface area contributed by atoms with E-state index in [0.29, 0.717) is 28.7 Å². The Bertz CT molecular complexity index is 940. The molecule has 4 nitrogen and oxygen atoms in total. The van der Waals surface area contributed by atoms with Crippen molar-refractivity contribution in [3.8, 4) is 11.5 Å². The monoisotopic (exact) mass is 396 g/mol. The molecule has 5 heteroatoms. The molecule has 144 valence electrons. The van der Waals surface area contributed by atoms with E-state index < -0.39 is 12.1 Å². The van der Waals surface area contributed by atoms with Crippen molar-refractivity contribution in [2.75, 3.05) is 7.11 Å². The quantitative estimate of drug-likeness (QED) is 0.470. The summed E-state index contributed by atoms with van der Waals surface area (Å²) in [4.78, 5) is 12.5. The fourth-order valence-electron chi connectivity index (χ4n) is 2.75. The molecule has 0 spiro atoms. The first kappa shape index (κ1) is 19.8. The predicted octanol–water partition coefficient (Wildman–Crippen LogP) is 5.85. The van der Waals surface area contributed by atoms with Gasteiger partial charge in [0.2, 0.25) is 0 Å². The van der Waals surface area contributed by atoms with E-state index in [9.17, 15) is 4.79 Å². The summed E-state index contributed by atoms with van der Waals surface area (Å²) in [6, 6.07) is 22.1. The van der Waals surface area contributed by atoms with Gasteiger partial charge >= 0.3 is 5.97 Å². The van der Waals surface area contributed by atoms with E-state index in [4.69, 9.17) is 25.8 Å². The SMILES string of the molecule is COc1cc(C(=O)O[C@@H](C)c2ccccc2Cl)ccc1OCc1ccccc1. The maximum Gasteiger partial charge on any atom is 0.338 e. The molecule has 0 N–H and O–H groups in total. The van der Waals surface area contributed by atoms with Gasteiger partial charge in [0.05, 0.1) is 12.7 Å². The zero-order valence-corrected chi connectivity index (χ0v) is 16.5. The van der Waals surface area contributed by atoms with Crippen molar-refractivity contribution >= 4 is 17.6 Å². The van der Waals surface area contributed by atoms with Crippen LogP contribution in [-0.2, 0) is 11.3 Å². The number of methoxy groups -OCH3 is 1. The van der Waals surface area contributed by atoms with Gasteiger partial charge in [-0.2, -0.15) is 0 Å². The molecule has 1 atom stereocenters. The largest absolute Gasteiger partial charge is 0.493 e. The number of hydrogen-bond acceptors (Lipinski definition) is 4. The van der Waals surface area contributed by atoms with Crippen molar-refractivity contribution in [3.63, 3.8) is 0 Å². The van der Waals surface area contributed by atoms with E-state index >= 15 is 0 Å². The zero-order valence-electron chi connectivity index (χ0n) is 15.7. The molecule has 28 heavy (non-hydrogen) atoms. The van der Waals surface area contributed by atoms with Gasteiger partial charge < -0.3 is 14.2 Å². The van der Waals surface area contributed by atoms with E-state index in [2.05, 4.69) is 0 Å².